The van der Waals surface area contributed by atoms with Gasteiger partial charge in [0.1, 0.15) is 0 Å². The second kappa shape index (κ2) is 17.0. The quantitative estimate of drug-likeness (QED) is 0.385. The molecule has 0 fully saturated rings. The molecule has 2 nitrogen and oxygen atoms in total. The molecule has 1 unspecified atom stereocenters. The van der Waals surface area contributed by atoms with Crippen LogP contribution in [-0.2, 0) is 0 Å². The highest BCUT2D eigenvalue weighted by atomic mass is 14.6. The van der Waals surface area contributed by atoms with Crippen molar-refractivity contribution in [2.45, 2.75) is 109 Å². The third kappa shape index (κ3) is 16.0. The van der Waals surface area contributed by atoms with Crippen LogP contribution in [0.5, 0.6) is 0 Å². The van der Waals surface area contributed by atoms with E-state index in [1.165, 1.54) is 83.5 Å². The summed E-state index contributed by atoms with van der Waals surface area (Å²) in [6.45, 7) is 3.02. The van der Waals surface area contributed by atoms with Crippen LogP contribution in [0.3, 0.4) is 0 Å². The van der Waals surface area contributed by atoms with Crippen LogP contribution in [0.1, 0.15) is 103 Å². The average molecular weight is 285 g/mol. The van der Waals surface area contributed by atoms with Gasteiger partial charge in [-0.25, -0.2) is 0 Å². The Bertz CT molecular complexity index is 171. The van der Waals surface area contributed by atoms with E-state index in [1.807, 2.05) is 0 Å². The van der Waals surface area contributed by atoms with Crippen molar-refractivity contribution in [3.05, 3.63) is 0 Å². The zero-order valence-corrected chi connectivity index (χ0v) is 14.0. The molecule has 0 saturated carbocycles. The fraction of sp³-hybridized carbons (Fsp3) is 1.00. The predicted octanol–water partition coefficient (Wildman–Crippen LogP) is 5.14. The van der Waals surface area contributed by atoms with Crippen LogP contribution in [-0.4, -0.2) is 12.6 Å². The van der Waals surface area contributed by atoms with Crippen molar-refractivity contribution >= 4 is 0 Å². The lowest BCUT2D eigenvalue weighted by Crippen LogP contribution is -2.23. The molecule has 0 heterocycles. The van der Waals surface area contributed by atoms with Crippen molar-refractivity contribution in [2.24, 2.45) is 11.5 Å². The molecule has 2 heteroatoms. The summed E-state index contributed by atoms with van der Waals surface area (Å²) < 4.78 is 0. The zero-order chi connectivity index (χ0) is 14.9. The SMILES string of the molecule is CCCCCCCCCCCCCCCC(N)CCN. The van der Waals surface area contributed by atoms with Crippen molar-refractivity contribution in [3.8, 4) is 0 Å². The van der Waals surface area contributed by atoms with E-state index >= 15 is 0 Å². The lowest BCUT2D eigenvalue weighted by Gasteiger charge is -2.09. The van der Waals surface area contributed by atoms with Crippen LogP contribution in [0, 0.1) is 0 Å². The first-order valence-electron chi connectivity index (χ1n) is 9.27. The molecule has 0 saturated heterocycles. The summed E-state index contributed by atoms with van der Waals surface area (Å²) in [5, 5.41) is 0. The van der Waals surface area contributed by atoms with Crippen molar-refractivity contribution in [1.29, 1.82) is 0 Å². The van der Waals surface area contributed by atoms with Gasteiger partial charge >= 0.3 is 0 Å². The Morgan fingerprint density at radius 3 is 1.40 bits per heavy atom. The minimum Gasteiger partial charge on any atom is -0.330 e. The molecular weight excluding hydrogens is 244 g/mol. The molecule has 0 aliphatic heterocycles. The van der Waals surface area contributed by atoms with Crippen LogP contribution >= 0.6 is 0 Å². The summed E-state index contributed by atoms with van der Waals surface area (Å²) in [5.41, 5.74) is 11.4. The molecule has 0 bridgehead atoms. The van der Waals surface area contributed by atoms with Gasteiger partial charge in [-0.1, -0.05) is 90.4 Å². The van der Waals surface area contributed by atoms with Gasteiger partial charge in [0.05, 0.1) is 0 Å². The van der Waals surface area contributed by atoms with Gasteiger partial charge in [0.25, 0.3) is 0 Å². The van der Waals surface area contributed by atoms with Gasteiger partial charge in [0.2, 0.25) is 0 Å². The van der Waals surface area contributed by atoms with Crippen LogP contribution in [0.4, 0.5) is 0 Å². The molecule has 0 rings (SSSR count). The van der Waals surface area contributed by atoms with Gasteiger partial charge in [0, 0.05) is 6.04 Å². The monoisotopic (exact) mass is 284 g/mol. The molecule has 0 spiro atoms. The van der Waals surface area contributed by atoms with Crippen molar-refractivity contribution < 1.29 is 0 Å². The minimum atomic E-state index is 0.340. The Hall–Kier alpha value is -0.0800. The van der Waals surface area contributed by atoms with Crippen LogP contribution < -0.4 is 11.5 Å². The molecule has 0 aromatic rings. The molecule has 0 aliphatic carbocycles. The van der Waals surface area contributed by atoms with E-state index in [9.17, 15) is 0 Å². The maximum atomic E-state index is 5.94. The van der Waals surface area contributed by atoms with Gasteiger partial charge in [-0.05, 0) is 19.4 Å². The van der Waals surface area contributed by atoms with Crippen LogP contribution in [0.25, 0.3) is 0 Å². The average Bonchev–Trinajstić information content (AvgIpc) is 2.44. The lowest BCUT2D eigenvalue weighted by molar-refractivity contribution is 0.506. The highest BCUT2D eigenvalue weighted by Gasteiger charge is 2.00. The summed E-state index contributed by atoms with van der Waals surface area (Å²) in [5.74, 6) is 0. The maximum absolute atomic E-state index is 5.94. The summed E-state index contributed by atoms with van der Waals surface area (Å²) in [4.78, 5) is 0. The second-order valence-electron chi connectivity index (χ2n) is 6.37. The lowest BCUT2D eigenvalue weighted by atomic mass is 10.0. The summed E-state index contributed by atoms with van der Waals surface area (Å²) in [7, 11) is 0. The number of rotatable bonds is 16. The maximum Gasteiger partial charge on any atom is 0.00508 e. The topological polar surface area (TPSA) is 52.0 Å². The van der Waals surface area contributed by atoms with E-state index < -0.39 is 0 Å². The van der Waals surface area contributed by atoms with Gasteiger partial charge in [-0.2, -0.15) is 0 Å². The van der Waals surface area contributed by atoms with E-state index in [-0.39, 0.29) is 0 Å². The van der Waals surface area contributed by atoms with Crippen molar-refractivity contribution in [1.82, 2.24) is 0 Å². The molecular formula is C18H40N2. The molecule has 0 radical (unpaired) electrons. The van der Waals surface area contributed by atoms with E-state index in [0.717, 1.165) is 19.4 Å². The molecule has 122 valence electrons. The molecule has 1 atom stereocenters. The number of hydrogen-bond acceptors (Lipinski definition) is 2. The predicted molar refractivity (Wildman–Crippen MR) is 92.0 cm³/mol. The third-order valence-electron chi connectivity index (χ3n) is 4.22. The number of nitrogens with two attached hydrogens (primary N) is 2. The van der Waals surface area contributed by atoms with E-state index in [0.29, 0.717) is 6.04 Å². The Morgan fingerprint density at radius 2 is 1.00 bits per heavy atom. The number of hydrogen-bond donors (Lipinski definition) is 2. The molecule has 0 aliphatic rings. The fourth-order valence-electron chi connectivity index (χ4n) is 2.78. The molecule has 0 amide bonds. The summed E-state index contributed by atoms with van der Waals surface area (Å²) in [6.07, 6.45) is 20.5. The van der Waals surface area contributed by atoms with E-state index in [4.69, 9.17) is 11.5 Å². The Kier molecular flexibility index (Phi) is 16.9. The Balaban J connectivity index is 2.99. The molecule has 4 N–H and O–H groups in total. The van der Waals surface area contributed by atoms with Gasteiger partial charge in [-0.3, -0.25) is 0 Å². The number of unbranched alkanes of at least 4 members (excludes halogenated alkanes) is 12. The van der Waals surface area contributed by atoms with Gasteiger partial charge in [-0.15, -0.1) is 0 Å². The van der Waals surface area contributed by atoms with Crippen LogP contribution in [0.15, 0.2) is 0 Å². The van der Waals surface area contributed by atoms with E-state index in [2.05, 4.69) is 6.92 Å². The Morgan fingerprint density at radius 1 is 0.600 bits per heavy atom. The minimum absolute atomic E-state index is 0.340. The Labute approximate surface area is 128 Å². The van der Waals surface area contributed by atoms with E-state index in [1.54, 1.807) is 0 Å². The van der Waals surface area contributed by atoms with Crippen molar-refractivity contribution in [2.75, 3.05) is 6.54 Å². The molecule has 20 heavy (non-hydrogen) atoms. The molecule has 0 aromatic carbocycles. The van der Waals surface area contributed by atoms with Crippen molar-refractivity contribution in [3.63, 3.8) is 0 Å². The fourth-order valence-corrected chi connectivity index (χ4v) is 2.78. The first-order chi connectivity index (χ1) is 9.81. The first kappa shape index (κ1) is 19.9. The zero-order valence-electron chi connectivity index (χ0n) is 14.0. The normalized spacial score (nSPS) is 12.8. The molecule has 0 aromatic heterocycles. The third-order valence-corrected chi connectivity index (χ3v) is 4.22. The largest absolute Gasteiger partial charge is 0.330 e. The highest BCUT2D eigenvalue weighted by Crippen LogP contribution is 2.13. The van der Waals surface area contributed by atoms with Gasteiger partial charge in [0.15, 0.2) is 0 Å². The second-order valence-corrected chi connectivity index (χ2v) is 6.37. The smallest absolute Gasteiger partial charge is 0.00508 e. The van der Waals surface area contributed by atoms with Crippen LogP contribution in [0.2, 0.25) is 0 Å². The standard InChI is InChI=1S/C18H40N2/c1-2-3-4-5-6-7-8-9-10-11-12-13-14-15-18(20)16-17-19/h18H,2-17,19-20H2,1H3. The highest BCUT2D eigenvalue weighted by molar-refractivity contribution is 4.61. The summed E-state index contributed by atoms with van der Waals surface area (Å²) >= 11 is 0. The first-order valence-corrected chi connectivity index (χ1v) is 9.27. The van der Waals surface area contributed by atoms with Gasteiger partial charge < -0.3 is 11.5 Å². The summed E-state index contributed by atoms with van der Waals surface area (Å²) in [6, 6.07) is 0.340.